The van der Waals surface area contributed by atoms with E-state index in [1.807, 2.05) is 55.5 Å². The number of rotatable bonds is 9. The molecule has 2 saturated heterocycles. The van der Waals surface area contributed by atoms with Crippen molar-refractivity contribution in [1.82, 2.24) is 10.2 Å². The fraction of sp³-hybridized carbons (Fsp3) is 0.394. The van der Waals surface area contributed by atoms with Crippen molar-refractivity contribution >= 4 is 34.9 Å². The van der Waals surface area contributed by atoms with Crippen molar-refractivity contribution in [2.45, 2.75) is 36.6 Å². The first-order valence-corrected chi connectivity index (χ1v) is 15.0. The number of hydrogen-bond donors (Lipinski definition) is 2. The summed E-state index contributed by atoms with van der Waals surface area (Å²) >= 11 is 12.8. The van der Waals surface area contributed by atoms with Gasteiger partial charge in [-0.1, -0.05) is 65.7 Å². The third-order valence-electron chi connectivity index (χ3n) is 9.48. The Labute approximate surface area is 257 Å². The molecule has 0 aromatic heterocycles. The minimum Gasteiger partial charge on any atom is -0.496 e. The molecular formula is C33H37Cl2N3O4. The lowest BCUT2D eigenvalue weighted by Crippen LogP contribution is -2.64. The van der Waals surface area contributed by atoms with Crippen LogP contribution in [0.4, 0.5) is 0 Å². The molecule has 2 fully saturated rings. The van der Waals surface area contributed by atoms with E-state index in [0.717, 1.165) is 24.1 Å². The zero-order valence-electron chi connectivity index (χ0n) is 24.2. The average Bonchev–Trinajstić information content (AvgIpc) is 3.57. The van der Waals surface area contributed by atoms with Gasteiger partial charge in [0.05, 0.1) is 35.2 Å². The number of nitrogens with zero attached hydrogens (tertiary/aromatic N) is 1. The van der Waals surface area contributed by atoms with Crippen LogP contribution in [0.25, 0.3) is 0 Å². The number of likely N-dealkylation sites (tertiary alicyclic amines) is 1. The van der Waals surface area contributed by atoms with Crippen molar-refractivity contribution in [3.05, 3.63) is 93.5 Å². The van der Waals surface area contributed by atoms with Crippen molar-refractivity contribution in [2.24, 2.45) is 11.7 Å². The van der Waals surface area contributed by atoms with Crippen molar-refractivity contribution in [3.8, 4) is 11.5 Å². The summed E-state index contributed by atoms with van der Waals surface area (Å²) in [5, 5.41) is 4.28. The summed E-state index contributed by atoms with van der Waals surface area (Å²) in [5.74, 6) is 0.0422. The van der Waals surface area contributed by atoms with Crippen molar-refractivity contribution in [1.29, 1.82) is 0 Å². The van der Waals surface area contributed by atoms with Gasteiger partial charge in [-0.15, -0.1) is 0 Å². The molecule has 3 aromatic carbocycles. The molecule has 0 radical (unpaired) electrons. The molecule has 4 atom stereocenters. The summed E-state index contributed by atoms with van der Waals surface area (Å²) < 4.78 is 11.3. The minimum atomic E-state index is -1.02. The van der Waals surface area contributed by atoms with E-state index >= 15 is 0 Å². The maximum atomic E-state index is 14.9. The van der Waals surface area contributed by atoms with Gasteiger partial charge in [-0.05, 0) is 67.6 Å². The lowest BCUT2D eigenvalue weighted by molar-refractivity contribution is -0.127. The number of ether oxygens (including phenoxy) is 2. The van der Waals surface area contributed by atoms with Crippen molar-refractivity contribution in [3.63, 3.8) is 0 Å². The summed E-state index contributed by atoms with van der Waals surface area (Å²) in [6.45, 7) is 4.39. The Kier molecular flexibility index (Phi) is 8.86. The zero-order chi connectivity index (χ0) is 30.1. The highest BCUT2D eigenvalue weighted by atomic mass is 35.5. The van der Waals surface area contributed by atoms with Gasteiger partial charge >= 0.3 is 0 Å². The SMILES string of the molecule is COc1cccc(OC)c1C(=O)C(C)(C1CCNC1)N1CCC(C(N)=O)(c2ccccc2)C(c2ccc(Cl)c(Cl)c2)C1. The lowest BCUT2D eigenvalue weighted by atomic mass is 9.61. The predicted molar refractivity (Wildman–Crippen MR) is 166 cm³/mol. The maximum absolute atomic E-state index is 14.9. The van der Waals surface area contributed by atoms with E-state index in [0.29, 0.717) is 53.2 Å². The molecule has 222 valence electrons. The molecule has 0 bridgehead atoms. The fourth-order valence-electron chi connectivity index (χ4n) is 7.06. The van der Waals surface area contributed by atoms with Crippen LogP contribution in [0.5, 0.6) is 11.5 Å². The van der Waals surface area contributed by atoms with Gasteiger partial charge in [0, 0.05) is 25.6 Å². The molecule has 0 saturated carbocycles. The summed E-state index contributed by atoms with van der Waals surface area (Å²) in [6.07, 6.45) is 1.25. The highest BCUT2D eigenvalue weighted by Gasteiger charge is 2.56. The summed E-state index contributed by atoms with van der Waals surface area (Å²) in [7, 11) is 3.12. The Balaban J connectivity index is 1.67. The average molecular weight is 611 g/mol. The zero-order valence-corrected chi connectivity index (χ0v) is 25.7. The molecular weight excluding hydrogens is 573 g/mol. The quantitative estimate of drug-likeness (QED) is 0.312. The Bertz CT molecular complexity index is 1440. The van der Waals surface area contributed by atoms with Gasteiger partial charge in [-0.2, -0.15) is 0 Å². The fourth-order valence-corrected chi connectivity index (χ4v) is 7.37. The van der Waals surface area contributed by atoms with Crippen molar-refractivity contribution < 1.29 is 19.1 Å². The largest absolute Gasteiger partial charge is 0.496 e. The second-order valence-corrected chi connectivity index (χ2v) is 12.1. The first kappa shape index (κ1) is 30.4. The number of halogens is 2. The number of nitrogens with two attached hydrogens (primary N) is 1. The molecule has 3 N–H and O–H groups in total. The Morgan fingerprint density at radius 2 is 1.69 bits per heavy atom. The van der Waals surface area contributed by atoms with E-state index in [2.05, 4.69) is 10.2 Å². The smallest absolute Gasteiger partial charge is 0.228 e. The van der Waals surface area contributed by atoms with E-state index in [1.54, 1.807) is 32.4 Å². The Hall–Kier alpha value is -3.10. The van der Waals surface area contributed by atoms with Crippen LogP contribution >= 0.6 is 23.2 Å². The summed E-state index contributed by atoms with van der Waals surface area (Å²) in [4.78, 5) is 30.7. The predicted octanol–water partition coefficient (Wildman–Crippen LogP) is 5.47. The monoisotopic (exact) mass is 609 g/mol. The van der Waals surface area contributed by atoms with Crippen LogP contribution in [-0.2, 0) is 10.2 Å². The first-order valence-electron chi connectivity index (χ1n) is 14.2. The van der Waals surface area contributed by atoms with Crippen LogP contribution in [0.3, 0.4) is 0 Å². The van der Waals surface area contributed by atoms with E-state index in [-0.39, 0.29) is 11.7 Å². The number of carbonyl (C=O) groups is 2. The molecule has 0 spiro atoms. The van der Waals surface area contributed by atoms with Crippen LogP contribution in [0.1, 0.15) is 47.2 Å². The number of methoxy groups -OCH3 is 2. The van der Waals surface area contributed by atoms with E-state index in [4.69, 9.17) is 38.4 Å². The number of carbonyl (C=O) groups excluding carboxylic acids is 2. The van der Waals surface area contributed by atoms with Gasteiger partial charge in [0.25, 0.3) is 0 Å². The topological polar surface area (TPSA) is 93.9 Å². The van der Waals surface area contributed by atoms with E-state index in [9.17, 15) is 9.59 Å². The van der Waals surface area contributed by atoms with Crippen molar-refractivity contribution in [2.75, 3.05) is 40.4 Å². The number of primary amides is 1. The Morgan fingerprint density at radius 3 is 2.26 bits per heavy atom. The Morgan fingerprint density at radius 1 is 1.00 bits per heavy atom. The first-order chi connectivity index (χ1) is 20.2. The van der Waals surface area contributed by atoms with Crippen LogP contribution in [-0.4, -0.2) is 62.5 Å². The standard InChI is InChI=1S/C33H37Cl2N3O4/c1-32(23-14-16-37-19-23,30(39)29-27(41-2)10-7-11-28(29)42-3)38-17-15-33(31(36)40,22-8-5-4-6-9-22)24(20-38)21-12-13-25(34)26(35)18-21/h4-13,18,23-24,37H,14-17,19-20H2,1-3H3,(H2,36,40). The molecule has 5 rings (SSSR count). The maximum Gasteiger partial charge on any atom is 0.228 e. The molecule has 3 aromatic rings. The second kappa shape index (κ2) is 12.3. The molecule has 7 nitrogen and oxygen atoms in total. The number of benzene rings is 3. The number of hydrogen-bond acceptors (Lipinski definition) is 6. The molecule has 4 unspecified atom stereocenters. The second-order valence-electron chi connectivity index (χ2n) is 11.3. The molecule has 2 aliphatic heterocycles. The highest BCUT2D eigenvalue weighted by molar-refractivity contribution is 6.42. The van der Waals surface area contributed by atoms with Crippen LogP contribution in [0, 0.1) is 5.92 Å². The molecule has 42 heavy (non-hydrogen) atoms. The summed E-state index contributed by atoms with van der Waals surface area (Å²) in [5.41, 5.74) is 6.44. The van der Waals surface area contributed by atoms with Gasteiger partial charge in [0.2, 0.25) is 5.91 Å². The van der Waals surface area contributed by atoms with Crippen LogP contribution in [0.2, 0.25) is 10.0 Å². The van der Waals surface area contributed by atoms with Gasteiger partial charge in [-0.3, -0.25) is 14.5 Å². The number of nitrogens with one attached hydrogen (secondary N) is 1. The molecule has 1 amide bonds. The third kappa shape index (κ3) is 5.06. The summed E-state index contributed by atoms with van der Waals surface area (Å²) in [6, 6.07) is 20.5. The minimum absolute atomic E-state index is 0.00637. The number of ketones is 1. The van der Waals surface area contributed by atoms with Crippen LogP contribution < -0.4 is 20.5 Å². The van der Waals surface area contributed by atoms with E-state index in [1.165, 1.54) is 0 Å². The van der Waals surface area contributed by atoms with Gasteiger partial charge in [0.15, 0.2) is 5.78 Å². The van der Waals surface area contributed by atoms with Gasteiger partial charge in [0.1, 0.15) is 17.1 Å². The number of Topliss-reactive ketones (excluding diaryl/α,β-unsaturated/α-hetero) is 1. The molecule has 9 heteroatoms. The van der Waals surface area contributed by atoms with E-state index < -0.39 is 22.8 Å². The lowest BCUT2D eigenvalue weighted by Gasteiger charge is -2.53. The number of amides is 1. The van der Waals surface area contributed by atoms with Gasteiger partial charge < -0.3 is 20.5 Å². The highest BCUT2D eigenvalue weighted by Crippen LogP contribution is 2.50. The molecule has 0 aliphatic carbocycles. The van der Waals surface area contributed by atoms with Crippen LogP contribution in [0.15, 0.2) is 66.7 Å². The molecule has 2 aliphatic rings. The van der Waals surface area contributed by atoms with Gasteiger partial charge in [-0.25, -0.2) is 0 Å². The normalized spacial score (nSPS) is 24.1. The third-order valence-corrected chi connectivity index (χ3v) is 10.2. The number of piperidine rings is 1. The molecule has 2 heterocycles.